The van der Waals surface area contributed by atoms with Gasteiger partial charge in [0.15, 0.2) is 0 Å². The molecular weight excluding hydrogens is 262 g/mol. The Bertz CT molecular complexity index is 575. The van der Waals surface area contributed by atoms with E-state index in [0.717, 1.165) is 30.1 Å². The highest BCUT2D eigenvalue weighted by molar-refractivity contribution is 5.40. The maximum atomic E-state index is 6.01. The van der Waals surface area contributed by atoms with E-state index in [1.165, 1.54) is 5.56 Å². The molecule has 0 saturated carbocycles. The van der Waals surface area contributed by atoms with E-state index in [1.54, 1.807) is 4.68 Å². The fourth-order valence-electron chi connectivity index (χ4n) is 2.24. The highest BCUT2D eigenvalue weighted by atomic mass is 16.5. The van der Waals surface area contributed by atoms with Crippen molar-refractivity contribution in [3.63, 3.8) is 0 Å². The summed E-state index contributed by atoms with van der Waals surface area (Å²) in [6.45, 7) is 8.84. The van der Waals surface area contributed by atoms with Crippen LogP contribution in [0.5, 0.6) is 5.75 Å². The zero-order chi connectivity index (χ0) is 15.2. The summed E-state index contributed by atoms with van der Waals surface area (Å²) in [5, 5.41) is 7.82. The van der Waals surface area contributed by atoms with Crippen LogP contribution in [-0.2, 0) is 20.2 Å². The Balaban J connectivity index is 2.02. The second-order valence-corrected chi connectivity index (χ2v) is 5.86. The number of benzene rings is 1. The molecule has 0 amide bonds. The van der Waals surface area contributed by atoms with Crippen LogP contribution in [0.4, 0.5) is 0 Å². The largest absolute Gasteiger partial charge is 0.487 e. The SMILES string of the molecule is Cc1cccc(CNCC(C)C)c1OCc1ccn(C)n1. The standard InChI is InChI=1S/C17H25N3O/c1-13(2)10-18-11-15-7-5-6-14(3)17(15)21-12-16-8-9-20(4)19-16/h5-9,13,18H,10-12H2,1-4H3. The van der Waals surface area contributed by atoms with Crippen molar-refractivity contribution in [2.75, 3.05) is 6.54 Å². The van der Waals surface area contributed by atoms with Gasteiger partial charge in [0.05, 0.1) is 5.69 Å². The number of nitrogens with one attached hydrogen (secondary N) is 1. The first-order valence-corrected chi connectivity index (χ1v) is 7.47. The molecular formula is C17H25N3O. The third kappa shape index (κ3) is 4.60. The van der Waals surface area contributed by atoms with Gasteiger partial charge in [0.2, 0.25) is 0 Å². The molecule has 0 spiro atoms. The third-order valence-corrected chi connectivity index (χ3v) is 3.29. The lowest BCUT2D eigenvalue weighted by Crippen LogP contribution is -2.19. The van der Waals surface area contributed by atoms with Crippen LogP contribution in [0.3, 0.4) is 0 Å². The van der Waals surface area contributed by atoms with Crippen LogP contribution < -0.4 is 10.1 Å². The summed E-state index contributed by atoms with van der Waals surface area (Å²) in [6, 6.07) is 8.26. The molecule has 21 heavy (non-hydrogen) atoms. The number of para-hydroxylation sites is 1. The summed E-state index contributed by atoms with van der Waals surface area (Å²) in [5.74, 6) is 1.62. The lowest BCUT2D eigenvalue weighted by Gasteiger charge is -2.15. The minimum atomic E-state index is 0.503. The van der Waals surface area contributed by atoms with Gasteiger partial charge >= 0.3 is 0 Å². The maximum Gasteiger partial charge on any atom is 0.132 e. The molecule has 0 unspecified atom stereocenters. The zero-order valence-electron chi connectivity index (χ0n) is 13.4. The van der Waals surface area contributed by atoms with Crippen LogP contribution >= 0.6 is 0 Å². The molecule has 1 aromatic heterocycles. The zero-order valence-corrected chi connectivity index (χ0v) is 13.4. The Hall–Kier alpha value is -1.81. The molecule has 1 N–H and O–H groups in total. The molecule has 2 rings (SSSR count). The predicted octanol–water partition coefficient (Wildman–Crippen LogP) is 3.05. The number of nitrogens with zero attached hydrogens (tertiary/aromatic N) is 2. The first-order valence-electron chi connectivity index (χ1n) is 7.47. The molecule has 0 radical (unpaired) electrons. The van der Waals surface area contributed by atoms with Crippen molar-refractivity contribution >= 4 is 0 Å². The Morgan fingerprint density at radius 3 is 2.76 bits per heavy atom. The molecule has 0 fully saturated rings. The number of hydrogen-bond acceptors (Lipinski definition) is 3. The minimum absolute atomic E-state index is 0.503. The van der Waals surface area contributed by atoms with Gasteiger partial charge in [-0.2, -0.15) is 5.10 Å². The summed E-state index contributed by atoms with van der Waals surface area (Å²) < 4.78 is 7.80. The monoisotopic (exact) mass is 287 g/mol. The molecule has 0 atom stereocenters. The second kappa shape index (κ2) is 7.27. The van der Waals surface area contributed by atoms with E-state index >= 15 is 0 Å². The van der Waals surface area contributed by atoms with Crippen LogP contribution in [-0.4, -0.2) is 16.3 Å². The normalized spacial score (nSPS) is 11.1. The van der Waals surface area contributed by atoms with Crippen LogP contribution in [0.1, 0.15) is 30.7 Å². The van der Waals surface area contributed by atoms with Gasteiger partial charge in [-0.25, -0.2) is 0 Å². The number of hydrogen-bond donors (Lipinski definition) is 1. The smallest absolute Gasteiger partial charge is 0.132 e. The van der Waals surface area contributed by atoms with Crippen LogP contribution in [0.25, 0.3) is 0 Å². The number of aromatic nitrogens is 2. The van der Waals surface area contributed by atoms with Gasteiger partial charge in [0, 0.05) is 25.4 Å². The molecule has 0 aliphatic carbocycles. The first-order chi connectivity index (χ1) is 10.1. The lowest BCUT2D eigenvalue weighted by molar-refractivity contribution is 0.294. The summed E-state index contributed by atoms with van der Waals surface area (Å²) in [7, 11) is 1.92. The molecule has 1 aromatic carbocycles. The fourth-order valence-corrected chi connectivity index (χ4v) is 2.24. The average Bonchev–Trinajstić information content (AvgIpc) is 2.83. The van der Waals surface area contributed by atoms with E-state index in [4.69, 9.17) is 4.74 Å². The number of aryl methyl sites for hydroxylation is 2. The average molecular weight is 287 g/mol. The minimum Gasteiger partial charge on any atom is -0.487 e. The van der Waals surface area contributed by atoms with Crippen molar-refractivity contribution < 1.29 is 4.74 Å². The summed E-state index contributed by atoms with van der Waals surface area (Å²) in [6.07, 6.45) is 1.93. The van der Waals surface area contributed by atoms with Crippen molar-refractivity contribution in [3.8, 4) is 5.75 Å². The van der Waals surface area contributed by atoms with E-state index < -0.39 is 0 Å². The van der Waals surface area contributed by atoms with E-state index in [-0.39, 0.29) is 0 Å². The summed E-state index contributed by atoms with van der Waals surface area (Å²) >= 11 is 0. The molecule has 0 bridgehead atoms. The van der Waals surface area contributed by atoms with Crippen molar-refractivity contribution in [2.24, 2.45) is 13.0 Å². The number of ether oxygens (including phenoxy) is 1. The van der Waals surface area contributed by atoms with Gasteiger partial charge in [0.1, 0.15) is 12.4 Å². The van der Waals surface area contributed by atoms with Gasteiger partial charge in [0.25, 0.3) is 0 Å². The maximum absolute atomic E-state index is 6.01. The molecule has 4 heteroatoms. The fraction of sp³-hybridized carbons (Fsp3) is 0.471. The van der Waals surface area contributed by atoms with Crippen LogP contribution in [0.15, 0.2) is 30.5 Å². The highest BCUT2D eigenvalue weighted by Crippen LogP contribution is 2.24. The van der Waals surface area contributed by atoms with Gasteiger partial charge in [-0.15, -0.1) is 0 Å². The van der Waals surface area contributed by atoms with Crippen molar-refractivity contribution in [1.82, 2.24) is 15.1 Å². The van der Waals surface area contributed by atoms with Crippen LogP contribution in [0.2, 0.25) is 0 Å². The van der Waals surface area contributed by atoms with Crippen molar-refractivity contribution in [2.45, 2.75) is 33.9 Å². The topological polar surface area (TPSA) is 39.1 Å². The van der Waals surface area contributed by atoms with Gasteiger partial charge in [-0.3, -0.25) is 4.68 Å². The Morgan fingerprint density at radius 1 is 1.29 bits per heavy atom. The summed E-state index contributed by atoms with van der Waals surface area (Å²) in [4.78, 5) is 0. The highest BCUT2D eigenvalue weighted by Gasteiger charge is 2.08. The van der Waals surface area contributed by atoms with Gasteiger partial charge in [-0.1, -0.05) is 32.0 Å². The van der Waals surface area contributed by atoms with E-state index in [0.29, 0.717) is 12.5 Å². The number of rotatable bonds is 7. The molecule has 0 aliphatic heterocycles. The summed E-state index contributed by atoms with van der Waals surface area (Å²) in [5.41, 5.74) is 3.31. The van der Waals surface area contributed by atoms with Crippen LogP contribution in [0, 0.1) is 12.8 Å². The lowest BCUT2D eigenvalue weighted by atomic mass is 10.1. The van der Waals surface area contributed by atoms with Crippen molar-refractivity contribution in [3.05, 3.63) is 47.3 Å². The third-order valence-electron chi connectivity index (χ3n) is 3.29. The first kappa shape index (κ1) is 15.6. The van der Waals surface area contributed by atoms with E-state index in [2.05, 4.69) is 49.4 Å². The molecule has 114 valence electrons. The molecule has 4 nitrogen and oxygen atoms in total. The molecule has 0 aliphatic rings. The Morgan fingerprint density at radius 2 is 2.10 bits per heavy atom. The second-order valence-electron chi connectivity index (χ2n) is 5.86. The van der Waals surface area contributed by atoms with Gasteiger partial charge in [-0.05, 0) is 31.0 Å². The van der Waals surface area contributed by atoms with Gasteiger partial charge < -0.3 is 10.1 Å². The Kier molecular flexibility index (Phi) is 5.39. The predicted molar refractivity (Wildman–Crippen MR) is 85.3 cm³/mol. The van der Waals surface area contributed by atoms with E-state index in [9.17, 15) is 0 Å². The molecule has 2 aromatic rings. The Labute approximate surface area is 127 Å². The molecule has 0 saturated heterocycles. The van der Waals surface area contributed by atoms with E-state index in [1.807, 2.05) is 19.3 Å². The molecule has 1 heterocycles. The van der Waals surface area contributed by atoms with Crippen molar-refractivity contribution in [1.29, 1.82) is 0 Å². The quantitative estimate of drug-likeness (QED) is 0.850.